The molecule has 1 N–H and O–H groups in total. The summed E-state index contributed by atoms with van der Waals surface area (Å²) in [4.78, 5) is 0. The van der Waals surface area contributed by atoms with E-state index in [1.807, 2.05) is 13.8 Å². The summed E-state index contributed by atoms with van der Waals surface area (Å²) in [5.74, 6) is 0.134. The molecule has 4 nitrogen and oxygen atoms in total. The van der Waals surface area contributed by atoms with Crippen molar-refractivity contribution in [1.29, 1.82) is 0 Å². The topological polar surface area (TPSA) is 49.4 Å². The maximum absolute atomic E-state index is 11.5. The first kappa shape index (κ1) is 13.6. The van der Waals surface area contributed by atoms with E-state index in [4.69, 9.17) is 0 Å². The minimum absolute atomic E-state index is 0.134. The van der Waals surface area contributed by atoms with Crippen LogP contribution in [0.3, 0.4) is 0 Å². The zero-order chi connectivity index (χ0) is 11.2. The van der Waals surface area contributed by atoms with E-state index in [0.717, 1.165) is 0 Å². The van der Waals surface area contributed by atoms with Crippen molar-refractivity contribution < 1.29 is 8.42 Å². The number of hydrogen-bond acceptors (Lipinski definition) is 3. The fourth-order valence-electron chi connectivity index (χ4n) is 0.928. The Kier molecular flexibility index (Phi) is 5.99. The molecule has 0 aliphatic heterocycles. The van der Waals surface area contributed by atoms with Crippen LogP contribution < -0.4 is 5.32 Å². The van der Waals surface area contributed by atoms with Crippen molar-refractivity contribution in [2.24, 2.45) is 0 Å². The largest absolute Gasteiger partial charge is 0.313 e. The number of hydrogen-bond donors (Lipinski definition) is 1. The maximum Gasteiger partial charge on any atom is 0.215 e. The van der Waals surface area contributed by atoms with Gasteiger partial charge in [0.05, 0.1) is 5.75 Å². The third-order valence-corrected chi connectivity index (χ3v) is 3.59. The van der Waals surface area contributed by atoms with Gasteiger partial charge in [-0.1, -0.05) is 19.9 Å². The lowest BCUT2D eigenvalue weighted by atomic mass is 10.4. The molecule has 0 amide bonds. The van der Waals surface area contributed by atoms with Gasteiger partial charge in [0.15, 0.2) is 0 Å². The van der Waals surface area contributed by atoms with Crippen LogP contribution in [0.4, 0.5) is 0 Å². The van der Waals surface area contributed by atoms with E-state index in [9.17, 15) is 8.42 Å². The summed E-state index contributed by atoms with van der Waals surface area (Å²) in [7, 11) is -1.56. The van der Waals surface area contributed by atoms with Gasteiger partial charge in [0.2, 0.25) is 10.0 Å². The average molecular weight is 220 g/mol. The van der Waals surface area contributed by atoms with E-state index in [1.54, 1.807) is 13.1 Å². The van der Waals surface area contributed by atoms with E-state index in [0.29, 0.717) is 19.1 Å². The quantitative estimate of drug-likeness (QED) is 0.633. The maximum atomic E-state index is 11.5. The highest BCUT2D eigenvalue weighted by Crippen LogP contribution is 1.96. The second-order valence-corrected chi connectivity index (χ2v) is 5.69. The molecule has 0 unspecified atom stereocenters. The first-order valence-corrected chi connectivity index (χ1v) is 6.29. The fraction of sp³-hybridized carbons (Fsp3) is 0.778. The Hall–Kier alpha value is -0.390. The first-order valence-electron chi connectivity index (χ1n) is 4.68. The fourth-order valence-corrected chi connectivity index (χ4v) is 1.95. The van der Waals surface area contributed by atoms with Gasteiger partial charge < -0.3 is 5.32 Å². The molecule has 0 aliphatic rings. The molecule has 0 atom stereocenters. The molecule has 5 heteroatoms. The average Bonchev–Trinajstić information content (AvgIpc) is 2.03. The van der Waals surface area contributed by atoms with Crippen LogP contribution in [-0.4, -0.2) is 44.7 Å². The Morgan fingerprint density at radius 2 is 2.07 bits per heavy atom. The van der Waals surface area contributed by atoms with Gasteiger partial charge >= 0.3 is 0 Å². The Morgan fingerprint density at radius 1 is 1.50 bits per heavy atom. The summed E-state index contributed by atoms with van der Waals surface area (Å²) >= 11 is 0. The molecule has 0 aromatic heterocycles. The third-order valence-electron chi connectivity index (χ3n) is 1.77. The highest BCUT2D eigenvalue weighted by molar-refractivity contribution is 7.89. The number of nitrogens with zero attached hydrogens (tertiary/aromatic N) is 1. The summed E-state index contributed by atoms with van der Waals surface area (Å²) in [6.07, 6.45) is 1.58. The molecule has 0 radical (unpaired) electrons. The number of sulfonamides is 1. The Labute approximate surface area is 87.0 Å². The Bertz CT molecular complexity index is 260. The number of nitrogens with one attached hydrogen (secondary N) is 1. The van der Waals surface area contributed by atoms with Crippen LogP contribution in [0.2, 0.25) is 0 Å². The predicted molar refractivity (Wildman–Crippen MR) is 59.8 cm³/mol. The zero-order valence-electron chi connectivity index (χ0n) is 9.16. The van der Waals surface area contributed by atoms with E-state index in [1.165, 1.54) is 4.31 Å². The molecule has 0 saturated heterocycles. The van der Waals surface area contributed by atoms with Crippen LogP contribution >= 0.6 is 0 Å². The Morgan fingerprint density at radius 3 is 2.50 bits per heavy atom. The highest BCUT2D eigenvalue weighted by Gasteiger charge is 2.15. The highest BCUT2D eigenvalue weighted by atomic mass is 32.2. The van der Waals surface area contributed by atoms with E-state index < -0.39 is 10.0 Å². The van der Waals surface area contributed by atoms with Gasteiger partial charge in [-0.3, -0.25) is 0 Å². The second kappa shape index (κ2) is 6.16. The van der Waals surface area contributed by atoms with Crippen molar-refractivity contribution in [3.8, 4) is 0 Å². The summed E-state index contributed by atoms with van der Waals surface area (Å²) in [5.41, 5.74) is 0. The monoisotopic (exact) mass is 220 g/mol. The van der Waals surface area contributed by atoms with Gasteiger partial charge in [-0.25, -0.2) is 12.7 Å². The van der Waals surface area contributed by atoms with Gasteiger partial charge in [-0.2, -0.15) is 0 Å². The van der Waals surface area contributed by atoms with Crippen molar-refractivity contribution in [3.05, 3.63) is 12.7 Å². The Balaban J connectivity index is 4.01. The molecule has 84 valence electrons. The number of likely N-dealkylation sites (N-methyl/N-ethyl adjacent to an activating group) is 1. The molecule has 0 aromatic carbocycles. The van der Waals surface area contributed by atoms with Crippen LogP contribution in [0.5, 0.6) is 0 Å². The van der Waals surface area contributed by atoms with Crippen LogP contribution in [0, 0.1) is 0 Å². The minimum Gasteiger partial charge on any atom is -0.313 e. The van der Waals surface area contributed by atoms with Gasteiger partial charge in [0.25, 0.3) is 0 Å². The van der Waals surface area contributed by atoms with E-state index >= 15 is 0 Å². The first-order chi connectivity index (χ1) is 6.40. The SMILES string of the molecule is C=CCN(C)S(=O)(=O)CCNC(C)C. The van der Waals surface area contributed by atoms with Crippen LogP contribution in [-0.2, 0) is 10.0 Å². The lowest BCUT2D eigenvalue weighted by Crippen LogP contribution is -2.35. The van der Waals surface area contributed by atoms with Gasteiger partial charge in [-0.05, 0) is 0 Å². The lowest BCUT2D eigenvalue weighted by Gasteiger charge is -2.15. The van der Waals surface area contributed by atoms with Gasteiger partial charge in [-0.15, -0.1) is 6.58 Å². The summed E-state index contributed by atoms with van der Waals surface area (Å²) in [5, 5.41) is 3.07. The molecule has 0 aliphatic carbocycles. The molecule has 0 rings (SSSR count). The molecule has 0 saturated carbocycles. The smallest absolute Gasteiger partial charge is 0.215 e. The second-order valence-electron chi connectivity index (χ2n) is 3.49. The van der Waals surface area contributed by atoms with Gasteiger partial charge in [0, 0.05) is 26.2 Å². The third kappa shape index (κ3) is 5.36. The molecular weight excluding hydrogens is 200 g/mol. The molecule has 0 fully saturated rings. The van der Waals surface area contributed by atoms with Crippen molar-refractivity contribution >= 4 is 10.0 Å². The molecule has 14 heavy (non-hydrogen) atoms. The summed E-state index contributed by atoms with van der Waals surface area (Å²) in [6, 6.07) is 0.315. The minimum atomic E-state index is -3.12. The van der Waals surface area contributed by atoms with Crippen LogP contribution in [0.1, 0.15) is 13.8 Å². The van der Waals surface area contributed by atoms with Crippen molar-refractivity contribution in [3.63, 3.8) is 0 Å². The predicted octanol–water partition coefficient (Wildman–Crippen LogP) is 0.432. The van der Waals surface area contributed by atoms with Gasteiger partial charge in [0.1, 0.15) is 0 Å². The number of rotatable bonds is 7. The van der Waals surface area contributed by atoms with Crippen LogP contribution in [0.15, 0.2) is 12.7 Å². The van der Waals surface area contributed by atoms with E-state index in [-0.39, 0.29) is 5.75 Å². The van der Waals surface area contributed by atoms with Crippen molar-refractivity contribution in [2.75, 3.05) is 25.9 Å². The summed E-state index contributed by atoms with van der Waals surface area (Å²) in [6.45, 7) is 8.33. The zero-order valence-corrected chi connectivity index (χ0v) is 9.97. The van der Waals surface area contributed by atoms with Crippen molar-refractivity contribution in [1.82, 2.24) is 9.62 Å². The lowest BCUT2D eigenvalue weighted by molar-refractivity contribution is 0.494. The molecular formula is C9H20N2O2S. The normalized spacial score (nSPS) is 12.4. The van der Waals surface area contributed by atoms with Crippen molar-refractivity contribution in [2.45, 2.75) is 19.9 Å². The molecule has 0 spiro atoms. The van der Waals surface area contributed by atoms with E-state index in [2.05, 4.69) is 11.9 Å². The molecule has 0 bridgehead atoms. The summed E-state index contributed by atoms with van der Waals surface area (Å²) < 4.78 is 24.4. The standard InChI is InChI=1S/C9H20N2O2S/c1-5-7-11(4)14(12,13)8-6-10-9(2)3/h5,9-10H,1,6-8H2,2-4H3. The molecule has 0 heterocycles. The molecule has 0 aromatic rings. The van der Waals surface area contributed by atoms with Crippen LogP contribution in [0.25, 0.3) is 0 Å².